The van der Waals surface area contributed by atoms with Gasteiger partial charge in [-0.1, -0.05) is 42.0 Å². The standard InChI is InChI=1S/C19H21F3N2O.2ClH/c1-14-2-4-15(5-3-14)18(24-12-10-23-11-13-24)16-6-8-17(9-7-16)25-19(20,21)22;;/h2-9,18,23H,10-13H2,1H3;2*1H/t18-;;/m1../s1. The number of piperazine rings is 1. The van der Waals surface area contributed by atoms with Crippen LogP contribution in [-0.4, -0.2) is 37.4 Å². The molecule has 0 spiro atoms. The Morgan fingerprint density at radius 1 is 0.889 bits per heavy atom. The molecule has 3 nitrogen and oxygen atoms in total. The lowest BCUT2D eigenvalue weighted by molar-refractivity contribution is -0.274. The lowest BCUT2D eigenvalue weighted by atomic mass is 9.95. The molecule has 2 aromatic carbocycles. The van der Waals surface area contributed by atoms with Crippen molar-refractivity contribution in [3.8, 4) is 5.75 Å². The minimum Gasteiger partial charge on any atom is -0.406 e. The Balaban J connectivity index is 0.00000182. The molecule has 0 saturated carbocycles. The summed E-state index contributed by atoms with van der Waals surface area (Å²) >= 11 is 0. The first-order valence-corrected chi connectivity index (χ1v) is 8.29. The Hall–Kier alpha value is -1.47. The molecular formula is C19H23Cl2F3N2O. The van der Waals surface area contributed by atoms with Crippen LogP contribution >= 0.6 is 24.8 Å². The average molecular weight is 423 g/mol. The maximum absolute atomic E-state index is 12.4. The average Bonchev–Trinajstić information content (AvgIpc) is 2.58. The van der Waals surface area contributed by atoms with Crippen LogP contribution in [0.1, 0.15) is 22.7 Å². The molecule has 27 heavy (non-hydrogen) atoms. The number of hydrogen-bond donors (Lipinski definition) is 1. The molecule has 0 bridgehead atoms. The van der Waals surface area contributed by atoms with E-state index in [1.165, 1.54) is 17.7 Å². The SMILES string of the molecule is Cc1ccc([C@H](c2ccc(OC(F)(F)F)cc2)N2CCNCC2)cc1.Cl.Cl. The number of rotatable bonds is 4. The third-order valence-electron chi connectivity index (χ3n) is 4.34. The van der Waals surface area contributed by atoms with Crippen LogP contribution in [0.2, 0.25) is 0 Å². The summed E-state index contributed by atoms with van der Waals surface area (Å²) in [5.74, 6) is -0.195. The zero-order chi connectivity index (χ0) is 17.9. The first-order chi connectivity index (χ1) is 11.9. The first kappa shape index (κ1) is 23.6. The molecule has 1 heterocycles. The molecule has 1 saturated heterocycles. The molecule has 3 rings (SSSR count). The quantitative estimate of drug-likeness (QED) is 0.770. The monoisotopic (exact) mass is 422 g/mol. The number of nitrogens with one attached hydrogen (secondary N) is 1. The van der Waals surface area contributed by atoms with Crippen LogP contribution in [0, 0.1) is 6.92 Å². The molecular weight excluding hydrogens is 400 g/mol. The lowest BCUT2D eigenvalue weighted by Crippen LogP contribution is -2.45. The number of benzene rings is 2. The maximum Gasteiger partial charge on any atom is 0.573 e. The minimum absolute atomic E-state index is 0. The van der Waals surface area contributed by atoms with Crippen molar-refractivity contribution in [3.05, 3.63) is 65.2 Å². The molecule has 2 aromatic rings. The van der Waals surface area contributed by atoms with E-state index in [-0.39, 0.29) is 36.6 Å². The number of halogens is 5. The van der Waals surface area contributed by atoms with Gasteiger partial charge in [0.15, 0.2) is 0 Å². The Kier molecular flexibility index (Phi) is 8.88. The highest BCUT2D eigenvalue weighted by molar-refractivity contribution is 5.85. The van der Waals surface area contributed by atoms with E-state index in [2.05, 4.69) is 39.2 Å². The van der Waals surface area contributed by atoms with E-state index in [0.29, 0.717) is 0 Å². The van der Waals surface area contributed by atoms with Crippen molar-refractivity contribution in [2.45, 2.75) is 19.3 Å². The van der Waals surface area contributed by atoms with Crippen LogP contribution in [0.4, 0.5) is 13.2 Å². The van der Waals surface area contributed by atoms with Crippen LogP contribution in [0.15, 0.2) is 48.5 Å². The van der Waals surface area contributed by atoms with Crippen molar-refractivity contribution in [2.24, 2.45) is 0 Å². The summed E-state index contributed by atoms with van der Waals surface area (Å²) in [5, 5.41) is 3.33. The molecule has 0 unspecified atom stereocenters. The topological polar surface area (TPSA) is 24.5 Å². The molecule has 1 aliphatic rings. The molecule has 8 heteroatoms. The summed E-state index contributed by atoms with van der Waals surface area (Å²) in [6, 6.07) is 14.5. The van der Waals surface area contributed by atoms with Crippen LogP contribution in [0.25, 0.3) is 0 Å². The number of ether oxygens (including phenoxy) is 1. The van der Waals surface area contributed by atoms with Gasteiger partial charge in [0, 0.05) is 26.2 Å². The fourth-order valence-corrected chi connectivity index (χ4v) is 3.15. The largest absolute Gasteiger partial charge is 0.573 e. The molecule has 150 valence electrons. The molecule has 1 N–H and O–H groups in total. The van der Waals surface area contributed by atoms with Gasteiger partial charge in [-0.2, -0.15) is 0 Å². The van der Waals surface area contributed by atoms with E-state index in [0.717, 1.165) is 37.3 Å². The molecule has 0 radical (unpaired) electrons. The highest BCUT2D eigenvalue weighted by atomic mass is 35.5. The van der Waals surface area contributed by atoms with Crippen molar-refractivity contribution < 1.29 is 17.9 Å². The lowest BCUT2D eigenvalue weighted by Gasteiger charge is -2.35. The maximum atomic E-state index is 12.4. The second-order valence-corrected chi connectivity index (χ2v) is 6.22. The van der Waals surface area contributed by atoms with Gasteiger partial charge in [0.2, 0.25) is 0 Å². The van der Waals surface area contributed by atoms with Crippen LogP contribution in [0.3, 0.4) is 0 Å². The third-order valence-corrected chi connectivity index (χ3v) is 4.34. The number of nitrogens with zero attached hydrogens (tertiary/aromatic N) is 1. The zero-order valence-corrected chi connectivity index (χ0v) is 16.5. The number of aryl methyl sites for hydroxylation is 1. The summed E-state index contributed by atoms with van der Waals surface area (Å²) in [5.41, 5.74) is 3.27. The molecule has 1 fully saturated rings. The van der Waals surface area contributed by atoms with Crippen molar-refractivity contribution in [1.29, 1.82) is 0 Å². The Bertz CT molecular complexity index is 688. The minimum atomic E-state index is -4.67. The van der Waals surface area contributed by atoms with Crippen LogP contribution in [0.5, 0.6) is 5.75 Å². The van der Waals surface area contributed by atoms with Crippen molar-refractivity contribution in [2.75, 3.05) is 26.2 Å². The van der Waals surface area contributed by atoms with E-state index >= 15 is 0 Å². The zero-order valence-electron chi connectivity index (χ0n) is 14.8. The summed E-state index contributed by atoms with van der Waals surface area (Å²) < 4.78 is 41.0. The van der Waals surface area contributed by atoms with Gasteiger partial charge in [0.05, 0.1) is 6.04 Å². The predicted octanol–water partition coefficient (Wildman–Crippen LogP) is 4.73. The second-order valence-electron chi connectivity index (χ2n) is 6.22. The fourth-order valence-electron chi connectivity index (χ4n) is 3.15. The highest BCUT2D eigenvalue weighted by Gasteiger charge is 2.31. The van der Waals surface area contributed by atoms with Gasteiger partial charge < -0.3 is 10.1 Å². The van der Waals surface area contributed by atoms with Crippen LogP contribution < -0.4 is 10.1 Å². The Morgan fingerprint density at radius 2 is 1.37 bits per heavy atom. The number of hydrogen-bond acceptors (Lipinski definition) is 3. The summed E-state index contributed by atoms with van der Waals surface area (Å²) in [6.45, 7) is 5.61. The van der Waals surface area contributed by atoms with E-state index in [1.807, 2.05) is 6.92 Å². The van der Waals surface area contributed by atoms with Gasteiger partial charge in [-0.05, 0) is 30.2 Å². The fraction of sp³-hybridized carbons (Fsp3) is 0.368. The van der Waals surface area contributed by atoms with Gasteiger partial charge in [-0.3, -0.25) is 4.90 Å². The summed E-state index contributed by atoms with van der Waals surface area (Å²) in [7, 11) is 0. The van der Waals surface area contributed by atoms with E-state index in [1.54, 1.807) is 12.1 Å². The first-order valence-electron chi connectivity index (χ1n) is 8.29. The van der Waals surface area contributed by atoms with Crippen LogP contribution in [-0.2, 0) is 0 Å². The van der Waals surface area contributed by atoms with Crippen molar-refractivity contribution in [1.82, 2.24) is 10.2 Å². The molecule has 1 atom stereocenters. The number of alkyl halides is 3. The second kappa shape index (κ2) is 10.2. The Morgan fingerprint density at radius 3 is 1.85 bits per heavy atom. The van der Waals surface area contributed by atoms with Gasteiger partial charge in [-0.25, -0.2) is 0 Å². The van der Waals surface area contributed by atoms with Crippen molar-refractivity contribution in [3.63, 3.8) is 0 Å². The normalized spacial score (nSPS) is 16.0. The molecule has 0 amide bonds. The predicted molar refractivity (Wildman–Crippen MR) is 105 cm³/mol. The van der Waals surface area contributed by atoms with Gasteiger partial charge >= 0.3 is 6.36 Å². The summed E-state index contributed by atoms with van der Waals surface area (Å²) in [6.07, 6.45) is -4.67. The van der Waals surface area contributed by atoms with Gasteiger partial charge in [0.25, 0.3) is 0 Å². The van der Waals surface area contributed by atoms with Crippen molar-refractivity contribution >= 4 is 24.8 Å². The highest BCUT2D eigenvalue weighted by Crippen LogP contribution is 2.31. The molecule has 1 aliphatic heterocycles. The van der Waals surface area contributed by atoms with Gasteiger partial charge in [0.1, 0.15) is 5.75 Å². The van der Waals surface area contributed by atoms with E-state index in [4.69, 9.17) is 0 Å². The molecule has 0 aliphatic carbocycles. The third kappa shape index (κ3) is 6.57. The Labute approximate surface area is 169 Å². The smallest absolute Gasteiger partial charge is 0.406 e. The van der Waals surface area contributed by atoms with Gasteiger partial charge in [-0.15, -0.1) is 38.0 Å². The van der Waals surface area contributed by atoms with E-state index in [9.17, 15) is 13.2 Å². The van der Waals surface area contributed by atoms with E-state index < -0.39 is 6.36 Å². The molecule has 0 aromatic heterocycles. The summed E-state index contributed by atoms with van der Waals surface area (Å²) in [4.78, 5) is 2.35.